The van der Waals surface area contributed by atoms with Gasteiger partial charge < -0.3 is 14.9 Å². The van der Waals surface area contributed by atoms with Crippen LogP contribution in [0.1, 0.15) is 19.8 Å². The van der Waals surface area contributed by atoms with Crippen LogP contribution in [-0.4, -0.2) is 34.9 Å². The minimum Gasteiger partial charge on any atom is -0.481 e. The number of rotatable bonds is 5. The molecule has 0 aliphatic carbocycles. The van der Waals surface area contributed by atoms with E-state index in [4.69, 9.17) is 10.2 Å². The molecule has 0 aliphatic rings. The van der Waals surface area contributed by atoms with Crippen LogP contribution >= 0.6 is 0 Å². The lowest BCUT2D eigenvalue weighted by Gasteiger charge is -2.04. The molecule has 0 spiro atoms. The average molecular weight is 176 g/mol. The lowest BCUT2D eigenvalue weighted by molar-refractivity contribution is -0.153. The summed E-state index contributed by atoms with van der Waals surface area (Å²) in [6.45, 7) is 1.33. The van der Waals surface area contributed by atoms with Crippen LogP contribution in [0.5, 0.6) is 0 Å². The number of carboxylic acids is 1. The molecule has 0 saturated heterocycles. The molecule has 5 nitrogen and oxygen atoms in total. The van der Waals surface area contributed by atoms with E-state index in [1.165, 1.54) is 6.92 Å². The smallest absolute Gasteiger partial charge is 0.334 e. The number of carbonyl (C=O) groups excluding carboxylic acids is 1. The topological polar surface area (TPSA) is 83.8 Å². The van der Waals surface area contributed by atoms with Gasteiger partial charge in [-0.05, 0) is 13.3 Å². The van der Waals surface area contributed by atoms with Crippen LogP contribution in [0.2, 0.25) is 0 Å². The Morgan fingerprint density at radius 3 is 2.50 bits per heavy atom. The third-order valence-electron chi connectivity index (χ3n) is 1.12. The standard InChI is InChI=1S/C7H12O5/c1-5(8)7(11)12-4-2-3-6(9)10/h5,8H,2-4H2,1H3,(H,9,10). The van der Waals surface area contributed by atoms with Crippen molar-refractivity contribution >= 4 is 11.9 Å². The van der Waals surface area contributed by atoms with Crippen LogP contribution in [0.25, 0.3) is 0 Å². The fourth-order valence-electron chi connectivity index (χ4n) is 0.517. The van der Waals surface area contributed by atoms with Crippen molar-refractivity contribution in [3.63, 3.8) is 0 Å². The van der Waals surface area contributed by atoms with Crippen LogP contribution in [0.3, 0.4) is 0 Å². The molecule has 0 aromatic carbocycles. The van der Waals surface area contributed by atoms with E-state index in [0.717, 1.165) is 0 Å². The Labute approximate surface area is 70.0 Å². The monoisotopic (exact) mass is 176 g/mol. The number of carbonyl (C=O) groups is 2. The van der Waals surface area contributed by atoms with Gasteiger partial charge in [-0.2, -0.15) is 0 Å². The zero-order chi connectivity index (χ0) is 9.56. The van der Waals surface area contributed by atoms with Crippen molar-refractivity contribution in [2.75, 3.05) is 6.61 Å². The summed E-state index contributed by atoms with van der Waals surface area (Å²) in [5, 5.41) is 16.8. The number of carboxylic acid groups (broad SMARTS) is 1. The van der Waals surface area contributed by atoms with E-state index in [1.807, 2.05) is 0 Å². The summed E-state index contributed by atoms with van der Waals surface area (Å²) in [6, 6.07) is 0. The summed E-state index contributed by atoms with van der Waals surface area (Å²) in [5.41, 5.74) is 0. The first-order valence-electron chi connectivity index (χ1n) is 3.60. The van der Waals surface area contributed by atoms with Crippen LogP contribution < -0.4 is 0 Å². The second kappa shape index (κ2) is 5.54. The molecule has 0 rings (SSSR count). The van der Waals surface area contributed by atoms with Gasteiger partial charge in [0.25, 0.3) is 0 Å². The summed E-state index contributed by atoms with van der Waals surface area (Å²) in [7, 11) is 0. The fraction of sp³-hybridized carbons (Fsp3) is 0.714. The fourth-order valence-corrected chi connectivity index (χ4v) is 0.517. The maximum atomic E-state index is 10.6. The Bertz CT molecular complexity index is 163. The zero-order valence-corrected chi connectivity index (χ0v) is 6.82. The molecule has 0 amide bonds. The number of hydrogen-bond acceptors (Lipinski definition) is 4. The highest BCUT2D eigenvalue weighted by Gasteiger charge is 2.09. The lowest BCUT2D eigenvalue weighted by Crippen LogP contribution is -2.19. The van der Waals surface area contributed by atoms with Gasteiger partial charge in [-0.15, -0.1) is 0 Å². The second-order valence-electron chi connectivity index (χ2n) is 2.34. The minimum atomic E-state index is -1.14. The molecule has 0 aliphatic heterocycles. The third kappa shape index (κ3) is 5.67. The molecule has 0 saturated carbocycles. The largest absolute Gasteiger partial charge is 0.481 e. The Morgan fingerprint density at radius 2 is 2.08 bits per heavy atom. The molecule has 0 heterocycles. The zero-order valence-electron chi connectivity index (χ0n) is 6.82. The molecule has 2 N–H and O–H groups in total. The van der Waals surface area contributed by atoms with Gasteiger partial charge in [0.2, 0.25) is 0 Å². The maximum absolute atomic E-state index is 10.6. The van der Waals surface area contributed by atoms with Crippen LogP contribution in [-0.2, 0) is 14.3 Å². The van der Waals surface area contributed by atoms with Crippen molar-refractivity contribution in [1.82, 2.24) is 0 Å². The third-order valence-corrected chi connectivity index (χ3v) is 1.12. The number of ether oxygens (including phenoxy) is 1. The summed E-state index contributed by atoms with van der Waals surface area (Å²) >= 11 is 0. The molecule has 0 fully saturated rings. The van der Waals surface area contributed by atoms with Crippen molar-refractivity contribution in [2.24, 2.45) is 0 Å². The van der Waals surface area contributed by atoms with Crippen molar-refractivity contribution in [2.45, 2.75) is 25.9 Å². The SMILES string of the molecule is CC(O)C(=O)OCCCC(=O)O. The van der Waals surface area contributed by atoms with Crippen molar-refractivity contribution in [3.05, 3.63) is 0 Å². The number of aliphatic hydroxyl groups is 1. The normalized spacial score (nSPS) is 12.2. The van der Waals surface area contributed by atoms with E-state index in [-0.39, 0.29) is 19.4 Å². The summed E-state index contributed by atoms with van der Waals surface area (Å²) in [5.74, 6) is -1.65. The predicted octanol–water partition coefficient (Wildman–Crippen LogP) is -0.225. The van der Waals surface area contributed by atoms with Crippen molar-refractivity contribution in [1.29, 1.82) is 0 Å². The lowest BCUT2D eigenvalue weighted by atomic mass is 10.3. The number of hydrogen-bond donors (Lipinski definition) is 2. The molecule has 5 heteroatoms. The first-order chi connectivity index (χ1) is 5.54. The summed E-state index contributed by atoms with van der Waals surface area (Å²) < 4.78 is 4.50. The Hall–Kier alpha value is -1.10. The summed E-state index contributed by atoms with van der Waals surface area (Å²) in [4.78, 5) is 20.6. The van der Waals surface area contributed by atoms with Crippen LogP contribution in [0.4, 0.5) is 0 Å². The molecule has 0 radical (unpaired) electrons. The molecule has 1 atom stereocenters. The quantitative estimate of drug-likeness (QED) is 0.446. The van der Waals surface area contributed by atoms with Crippen molar-refractivity contribution < 1.29 is 24.5 Å². The van der Waals surface area contributed by atoms with E-state index in [1.54, 1.807) is 0 Å². The highest BCUT2D eigenvalue weighted by molar-refractivity contribution is 5.73. The Balaban J connectivity index is 3.32. The highest BCUT2D eigenvalue weighted by atomic mass is 16.5. The molecule has 70 valence electrons. The number of aliphatic carboxylic acids is 1. The molecule has 0 bridgehead atoms. The van der Waals surface area contributed by atoms with Gasteiger partial charge in [-0.3, -0.25) is 4.79 Å². The van der Waals surface area contributed by atoms with E-state index < -0.39 is 18.0 Å². The minimum absolute atomic E-state index is 0.0346. The molecule has 0 aromatic rings. The molecular formula is C7H12O5. The van der Waals surface area contributed by atoms with Gasteiger partial charge in [-0.1, -0.05) is 0 Å². The molecule has 0 aromatic heterocycles. The molecule has 1 unspecified atom stereocenters. The van der Waals surface area contributed by atoms with E-state index in [9.17, 15) is 9.59 Å². The molecular weight excluding hydrogens is 164 g/mol. The first kappa shape index (κ1) is 10.9. The van der Waals surface area contributed by atoms with Crippen LogP contribution in [0, 0.1) is 0 Å². The van der Waals surface area contributed by atoms with Crippen molar-refractivity contribution in [3.8, 4) is 0 Å². The van der Waals surface area contributed by atoms with Gasteiger partial charge in [-0.25, -0.2) is 4.79 Å². The van der Waals surface area contributed by atoms with Gasteiger partial charge in [0.1, 0.15) is 6.10 Å². The van der Waals surface area contributed by atoms with Gasteiger partial charge >= 0.3 is 11.9 Å². The van der Waals surface area contributed by atoms with Crippen LogP contribution in [0.15, 0.2) is 0 Å². The Kier molecular flexibility index (Phi) is 5.03. The molecule has 12 heavy (non-hydrogen) atoms. The first-order valence-corrected chi connectivity index (χ1v) is 3.60. The van der Waals surface area contributed by atoms with Gasteiger partial charge in [0.15, 0.2) is 0 Å². The van der Waals surface area contributed by atoms with Gasteiger partial charge in [0.05, 0.1) is 6.61 Å². The van der Waals surface area contributed by atoms with E-state index in [2.05, 4.69) is 4.74 Å². The highest BCUT2D eigenvalue weighted by Crippen LogP contribution is 1.92. The van der Waals surface area contributed by atoms with E-state index in [0.29, 0.717) is 0 Å². The Morgan fingerprint density at radius 1 is 1.50 bits per heavy atom. The second-order valence-corrected chi connectivity index (χ2v) is 2.34. The number of esters is 1. The maximum Gasteiger partial charge on any atom is 0.334 e. The van der Waals surface area contributed by atoms with E-state index >= 15 is 0 Å². The average Bonchev–Trinajstić information content (AvgIpc) is 1.97. The summed E-state index contributed by atoms with van der Waals surface area (Å²) in [6.07, 6.45) is -0.907. The number of aliphatic hydroxyl groups excluding tert-OH is 1. The predicted molar refractivity (Wildman–Crippen MR) is 39.5 cm³/mol. The van der Waals surface area contributed by atoms with Gasteiger partial charge in [0, 0.05) is 6.42 Å².